The van der Waals surface area contributed by atoms with Crippen LogP contribution in [0.25, 0.3) is 17.1 Å². The molecule has 8 heteroatoms. The number of rotatable bonds is 4. The number of nitriles is 1. The van der Waals surface area contributed by atoms with E-state index in [4.69, 9.17) is 10.00 Å². The Morgan fingerprint density at radius 2 is 2.07 bits per heavy atom. The molecule has 0 spiro atoms. The van der Waals surface area contributed by atoms with E-state index in [-0.39, 0.29) is 12.0 Å². The molecule has 0 aromatic carbocycles. The van der Waals surface area contributed by atoms with Crippen molar-refractivity contribution in [2.24, 2.45) is 0 Å². The molecule has 29 heavy (non-hydrogen) atoms. The van der Waals surface area contributed by atoms with Gasteiger partial charge in [-0.15, -0.1) is 0 Å². The van der Waals surface area contributed by atoms with Crippen LogP contribution in [0.3, 0.4) is 0 Å². The van der Waals surface area contributed by atoms with Gasteiger partial charge < -0.3 is 9.64 Å². The third kappa shape index (κ3) is 3.86. The Morgan fingerprint density at radius 3 is 2.69 bits per heavy atom. The minimum absolute atomic E-state index is 0.114. The number of carbonyl (C=O) groups excluding carboxylic acids is 1. The molecule has 3 aromatic heterocycles. The molecule has 0 unspecified atom stereocenters. The SMILES string of the molecule is COC1CCN(C(=O)c2cc(-c3ccc(C#N)cn3)n(-c3cccnc3)n2)CC1. The van der Waals surface area contributed by atoms with Gasteiger partial charge in [0.15, 0.2) is 5.69 Å². The van der Waals surface area contributed by atoms with Crippen LogP contribution in [0.1, 0.15) is 28.9 Å². The van der Waals surface area contributed by atoms with Gasteiger partial charge in [-0.05, 0) is 43.2 Å². The minimum Gasteiger partial charge on any atom is -0.381 e. The Bertz CT molecular complexity index is 1030. The van der Waals surface area contributed by atoms with Crippen molar-refractivity contribution in [1.82, 2.24) is 24.6 Å². The fourth-order valence-electron chi connectivity index (χ4n) is 3.41. The first-order valence-corrected chi connectivity index (χ1v) is 9.38. The lowest BCUT2D eigenvalue weighted by Crippen LogP contribution is -2.40. The number of aromatic nitrogens is 4. The Hall–Kier alpha value is -3.57. The predicted octanol–water partition coefficient (Wildman–Crippen LogP) is 2.45. The molecule has 0 bridgehead atoms. The number of hydrogen-bond donors (Lipinski definition) is 0. The summed E-state index contributed by atoms with van der Waals surface area (Å²) in [6.45, 7) is 1.28. The van der Waals surface area contributed by atoms with Gasteiger partial charge in [0.2, 0.25) is 0 Å². The molecule has 0 aliphatic carbocycles. The Morgan fingerprint density at radius 1 is 1.24 bits per heavy atom. The van der Waals surface area contributed by atoms with Gasteiger partial charge in [-0.2, -0.15) is 10.4 Å². The molecule has 1 aliphatic heterocycles. The molecule has 1 fully saturated rings. The molecule has 4 heterocycles. The second-order valence-electron chi connectivity index (χ2n) is 6.81. The highest BCUT2D eigenvalue weighted by Gasteiger charge is 2.26. The number of pyridine rings is 2. The second-order valence-corrected chi connectivity index (χ2v) is 6.81. The Balaban J connectivity index is 1.70. The summed E-state index contributed by atoms with van der Waals surface area (Å²) in [5.74, 6) is -0.114. The zero-order valence-corrected chi connectivity index (χ0v) is 16.0. The van der Waals surface area contributed by atoms with Gasteiger partial charge in [-0.3, -0.25) is 14.8 Å². The van der Waals surface area contributed by atoms with Crippen LogP contribution in [0.15, 0.2) is 48.9 Å². The first-order valence-electron chi connectivity index (χ1n) is 9.38. The van der Waals surface area contributed by atoms with Crippen LogP contribution < -0.4 is 0 Å². The lowest BCUT2D eigenvalue weighted by molar-refractivity contribution is 0.0347. The normalized spacial score (nSPS) is 14.6. The summed E-state index contributed by atoms with van der Waals surface area (Å²) < 4.78 is 7.05. The summed E-state index contributed by atoms with van der Waals surface area (Å²) >= 11 is 0. The van der Waals surface area contributed by atoms with E-state index in [0.717, 1.165) is 18.5 Å². The van der Waals surface area contributed by atoms with E-state index in [1.165, 1.54) is 6.20 Å². The van der Waals surface area contributed by atoms with E-state index in [0.29, 0.717) is 35.7 Å². The molecule has 8 nitrogen and oxygen atoms in total. The summed E-state index contributed by atoms with van der Waals surface area (Å²) in [5, 5.41) is 13.6. The van der Waals surface area contributed by atoms with Gasteiger partial charge >= 0.3 is 0 Å². The lowest BCUT2D eigenvalue weighted by atomic mass is 10.1. The highest BCUT2D eigenvalue weighted by Crippen LogP contribution is 2.24. The third-order valence-electron chi connectivity index (χ3n) is 5.04. The van der Waals surface area contributed by atoms with Crippen molar-refractivity contribution < 1.29 is 9.53 Å². The summed E-state index contributed by atoms with van der Waals surface area (Å²) in [6.07, 6.45) is 6.69. The average molecular weight is 388 g/mol. The van der Waals surface area contributed by atoms with E-state index >= 15 is 0 Å². The van der Waals surface area contributed by atoms with Gasteiger partial charge in [-0.1, -0.05) is 0 Å². The largest absolute Gasteiger partial charge is 0.381 e. The number of carbonyl (C=O) groups is 1. The van der Waals surface area contributed by atoms with E-state index in [1.54, 1.807) is 47.3 Å². The molecule has 0 atom stereocenters. The van der Waals surface area contributed by atoms with Crippen molar-refractivity contribution in [2.75, 3.05) is 20.2 Å². The molecule has 0 saturated carbocycles. The fourth-order valence-corrected chi connectivity index (χ4v) is 3.41. The highest BCUT2D eigenvalue weighted by atomic mass is 16.5. The second kappa shape index (κ2) is 8.20. The molecule has 1 saturated heterocycles. The van der Waals surface area contributed by atoms with Crippen molar-refractivity contribution in [1.29, 1.82) is 5.26 Å². The van der Waals surface area contributed by atoms with Crippen LogP contribution in [0.4, 0.5) is 0 Å². The first-order chi connectivity index (χ1) is 14.2. The minimum atomic E-state index is -0.114. The maximum absolute atomic E-state index is 13.1. The quantitative estimate of drug-likeness (QED) is 0.681. The first kappa shape index (κ1) is 18.8. The zero-order chi connectivity index (χ0) is 20.2. The lowest BCUT2D eigenvalue weighted by Gasteiger charge is -2.30. The van der Waals surface area contributed by atoms with Crippen molar-refractivity contribution in [3.8, 4) is 23.1 Å². The van der Waals surface area contributed by atoms with Crippen LogP contribution in [0.5, 0.6) is 0 Å². The molecule has 146 valence electrons. The monoisotopic (exact) mass is 388 g/mol. The molecule has 0 N–H and O–H groups in total. The zero-order valence-electron chi connectivity index (χ0n) is 16.0. The Kier molecular flexibility index (Phi) is 5.31. The van der Waals surface area contributed by atoms with Crippen LogP contribution >= 0.6 is 0 Å². The molecule has 1 aliphatic rings. The number of piperidine rings is 1. The van der Waals surface area contributed by atoms with Crippen LogP contribution in [0, 0.1) is 11.3 Å². The maximum Gasteiger partial charge on any atom is 0.274 e. The number of hydrogen-bond acceptors (Lipinski definition) is 6. The summed E-state index contributed by atoms with van der Waals surface area (Å²) in [5.41, 5.74) is 2.84. The summed E-state index contributed by atoms with van der Waals surface area (Å²) in [6, 6.07) is 10.9. The molecule has 0 radical (unpaired) electrons. The van der Waals surface area contributed by atoms with Crippen molar-refractivity contribution in [3.63, 3.8) is 0 Å². The highest BCUT2D eigenvalue weighted by molar-refractivity contribution is 5.93. The molecular formula is C21H20N6O2. The average Bonchev–Trinajstić information content (AvgIpc) is 3.25. The smallest absolute Gasteiger partial charge is 0.274 e. The molecular weight excluding hydrogens is 368 g/mol. The van der Waals surface area contributed by atoms with Crippen LogP contribution in [0.2, 0.25) is 0 Å². The van der Waals surface area contributed by atoms with E-state index in [9.17, 15) is 4.79 Å². The Labute approximate surface area is 168 Å². The fraction of sp³-hybridized carbons (Fsp3) is 0.286. The molecule has 3 aromatic rings. The maximum atomic E-state index is 13.1. The number of amides is 1. The van der Waals surface area contributed by atoms with Gasteiger partial charge in [0.05, 0.1) is 34.9 Å². The van der Waals surface area contributed by atoms with E-state index in [2.05, 4.69) is 21.1 Å². The molecule has 1 amide bonds. The van der Waals surface area contributed by atoms with E-state index in [1.807, 2.05) is 12.1 Å². The summed E-state index contributed by atoms with van der Waals surface area (Å²) in [4.78, 5) is 23.4. The number of nitrogens with zero attached hydrogens (tertiary/aromatic N) is 6. The standard InChI is InChI=1S/C21H20N6O2/c1-29-17-6-9-26(10-7-17)21(28)19-11-20(18-5-4-15(12-22)13-24-18)27(25-19)16-3-2-8-23-14-16/h2-5,8,11,13-14,17H,6-7,9-10H2,1H3. The van der Waals surface area contributed by atoms with Gasteiger partial charge in [0.1, 0.15) is 6.07 Å². The van der Waals surface area contributed by atoms with Crippen molar-refractivity contribution >= 4 is 5.91 Å². The predicted molar refractivity (Wildman–Crippen MR) is 105 cm³/mol. The third-order valence-corrected chi connectivity index (χ3v) is 5.04. The number of methoxy groups -OCH3 is 1. The topological polar surface area (TPSA) is 96.9 Å². The van der Waals surface area contributed by atoms with Crippen molar-refractivity contribution in [2.45, 2.75) is 18.9 Å². The van der Waals surface area contributed by atoms with Gasteiger partial charge in [0, 0.05) is 32.6 Å². The number of likely N-dealkylation sites (tertiary alicyclic amines) is 1. The van der Waals surface area contributed by atoms with Crippen LogP contribution in [-0.2, 0) is 4.74 Å². The van der Waals surface area contributed by atoms with Crippen molar-refractivity contribution in [3.05, 3.63) is 60.2 Å². The van der Waals surface area contributed by atoms with Gasteiger partial charge in [0.25, 0.3) is 5.91 Å². The molecule has 4 rings (SSSR count). The number of ether oxygens (including phenoxy) is 1. The van der Waals surface area contributed by atoms with Crippen LogP contribution in [-0.4, -0.2) is 56.9 Å². The van der Waals surface area contributed by atoms with Gasteiger partial charge in [-0.25, -0.2) is 4.68 Å². The summed E-state index contributed by atoms with van der Waals surface area (Å²) in [7, 11) is 1.70. The van der Waals surface area contributed by atoms with E-state index < -0.39 is 0 Å².